The number of anilines is 1. The van der Waals surface area contributed by atoms with Crippen LogP contribution in [0.25, 0.3) is 11.3 Å². The molecule has 0 bridgehead atoms. The number of fused-ring (bicyclic) bond motifs is 2. The van der Waals surface area contributed by atoms with Crippen molar-refractivity contribution in [1.29, 1.82) is 0 Å². The van der Waals surface area contributed by atoms with Crippen molar-refractivity contribution < 1.29 is 27.4 Å². The smallest absolute Gasteiger partial charge is 0.402 e. The molecule has 3 aromatic rings. The van der Waals surface area contributed by atoms with Gasteiger partial charge in [-0.15, -0.1) is 13.2 Å². The summed E-state index contributed by atoms with van der Waals surface area (Å²) in [5.74, 6) is -0.961. The number of carbonyl (C=O) groups is 1. The van der Waals surface area contributed by atoms with Crippen LogP contribution >= 0.6 is 0 Å². The van der Waals surface area contributed by atoms with Crippen molar-refractivity contribution in [3.8, 4) is 17.0 Å². The van der Waals surface area contributed by atoms with Crippen LogP contribution in [-0.4, -0.2) is 56.7 Å². The third-order valence-corrected chi connectivity index (χ3v) is 7.62. The SMILES string of the molecule is Nc1ncc(-c2cc3n(n2)CCOC32CCN(C(=O)NC3(c4cccnc4)CCC3)C2)cc1OC(F)(F)F. The van der Waals surface area contributed by atoms with Gasteiger partial charge < -0.3 is 25.4 Å². The summed E-state index contributed by atoms with van der Waals surface area (Å²) >= 11 is 0. The lowest BCUT2D eigenvalue weighted by atomic mass is 9.72. The number of nitrogens with two attached hydrogens (primary N) is 1. The molecule has 3 aliphatic rings. The Morgan fingerprint density at radius 2 is 2.03 bits per heavy atom. The molecular formula is C25H26F3N7O3. The zero-order valence-corrected chi connectivity index (χ0v) is 20.4. The number of nitrogens with zero attached hydrogens (tertiary/aromatic N) is 5. The molecule has 3 N–H and O–H groups in total. The van der Waals surface area contributed by atoms with Crippen molar-refractivity contribution >= 4 is 11.8 Å². The Morgan fingerprint density at radius 1 is 1.18 bits per heavy atom. The number of aromatic nitrogens is 4. The first-order chi connectivity index (χ1) is 18.2. The van der Waals surface area contributed by atoms with Gasteiger partial charge in [-0.2, -0.15) is 5.10 Å². The summed E-state index contributed by atoms with van der Waals surface area (Å²) in [6.45, 7) is 1.69. The number of ether oxygens (including phenoxy) is 2. The number of pyridine rings is 2. The Morgan fingerprint density at radius 3 is 2.74 bits per heavy atom. The van der Waals surface area contributed by atoms with Gasteiger partial charge in [-0.1, -0.05) is 6.07 Å². The predicted octanol–water partition coefficient (Wildman–Crippen LogP) is 3.54. The number of alkyl halides is 3. The van der Waals surface area contributed by atoms with Crippen molar-refractivity contribution in [3.05, 3.63) is 54.1 Å². The summed E-state index contributed by atoms with van der Waals surface area (Å²) in [6, 6.07) is 6.63. The Bertz CT molecular complexity index is 1360. The predicted molar refractivity (Wildman–Crippen MR) is 129 cm³/mol. The fourth-order valence-corrected chi connectivity index (χ4v) is 5.53. The van der Waals surface area contributed by atoms with E-state index in [-0.39, 0.29) is 11.8 Å². The van der Waals surface area contributed by atoms with Gasteiger partial charge in [-0.25, -0.2) is 9.78 Å². The minimum absolute atomic E-state index is 0.164. The molecule has 2 fully saturated rings. The molecule has 6 rings (SSSR count). The number of hydrogen-bond donors (Lipinski definition) is 2. The monoisotopic (exact) mass is 529 g/mol. The highest BCUT2D eigenvalue weighted by Gasteiger charge is 2.48. The Hall–Kier alpha value is -3.87. The fraction of sp³-hybridized carbons (Fsp3) is 0.440. The maximum absolute atomic E-state index is 13.4. The van der Waals surface area contributed by atoms with Crippen LogP contribution in [0, 0.1) is 0 Å². The van der Waals surface area contributed by atoms with Gasteiger partial charge in [0.2, 0.25) is 0 Å². The largest absolute Gasteiger partial charge is 0.573 e. The third-order valence-electron chi connectivity index (χ3n) is 7.62. The van der Waals surface area contributed by atoms with Crippen LogP contribution in [0.15, 0.2) is 42.9 Å². The second-order valence-electron chi connectivity index (χ2n) is 9.91. The topological polar surface area (TPSA) is 120 Å². The molecule has 3 aromatic heterocycles. The van der Waals surface area contributed by atoms with Gasteiger partial charge in [0.05, 0.1) is 36.6 Å². The van der Waals surface area contributed by atoms with Crippen LogP contribution in [0.2, 0.25) is 0 Å². The molecule has 2 amide bonds. The van der Waals surface area contributed by atoms with Crippen molar-refractivity contribution in [1.82, 2.24) is 30.0 Å². The molecule has 2 aliphatic heterocycles. The van der Waals surface area contributed by atoms with Crippen LogP contribution in [0.3, 0.4) is 0 Å². The molecule has 1 saturated carbocycles. The van der Waals surface area contributed by atoms with Crippen molar-refractivity contribution in [2.24, 2.45) is 0 Å². The molecule has 1 atom stereocenters. The normalized spacial score (nSPS) is 22.1. The Labute approximate surface area is 215 Å². The number of hydrogen-bond acceptors (Lipinski definition) is 7. The molecule has 38 heavy (non-hydrogen) atoms. The third kappa shape index (κ3) is 4.30. The van der Waals surface area contributed by atoms with E-state index in [0.717, 1.165) is 30.5 Å². The average Bonchev–Trinajstić information content (AvgIpc) is 3.49. The Balaban J connectivity index is 1.23. The number of halogens is 3. The molecule has 10 nitrogen and oxygen atoms in total. The summed E-state index contributed by atoms with van der Waals surface area (Å²) in [5.41, 5.74) is 6.89. The lowest BCUT2D eigenvalue weighted by molar-refractivity contribution is -0.274. The van der Waals surface area contributed by atoms with Gasteiger partial charge in [-0.3, -0.25) is 9.67 Å². The van der Waals surface area contributed by atoms with E-state index < -0.39 is 23.3 Å². The molecule has 1 unspecified atom stereocenters. The summed E-state index contributed by atoms with van der Waals surface area (Å²) in [6.07, 6.45) is 3.26. The number of nitrogens with one attached hydrogen (secondary N) is 1. The molecular weight excluding hydrogens is 503 g/mol. The number of carbonyl (C=O) groups excluding carboxylic acids is 1. The molecule has 0 radical (unpaired) electrons. The van der Waals surface area contributed by atoms with Gasteiger partial charge >= 0.3 is 12.4 Å². The fourth-order valence-electron chi connectivity index (χ4n) is 5.53. The molecule has 200 valence electrons. The highest BCUT2D eigenvalue weighted by Crippen LogP contribution is 2.43. The van der Waals surface area contributed by atoms with Crippen molar-refractivity contribution in [2.45, 2.75) is 49.7 Å². The van der Waals surface area contributed by atoms with Crippen LogP contribution in [0.1, 0.15) is 36.9 Å². The first-order valence-corrected chi connectivity index (χ1v) is 12.4. The Kier molecular flexibility index (Phi) is 5.70. The number of nitrogen functional groups attached to an aromatic ring is 1. The van der Waals surface area contributed by atoms with E-state index in [1.807, 2.05) is 12.1 Å². The second kappa shape index (κ2) is 8.86. The maximum atomic E-state index is 13.4. The van der Waals surface area contributed by atoms with Gasteiger partial charge in [0.15, 0.2) is 11.6 Å². The van der Waals surface area contributed by atoms with E-state index in [0.29, 0.717) is 43.9 Å². The highest BCUT2D eigenvalue weighted by molar-refractivity contribution is 5.76. The summed E-state index contributed by atoms with van der Waals surface area (Å²) in [5, 5.41) is 7.83. The first kappa shape index (κ1) is 24.5. The zero-order chi connectivity index (χ0) is 26.5. The number of urea groups is 1. The summed E-state index contributed by atoms with van der Waals surface area (Å²) in [7, 11) is 0. The van der Waals surface area contributed by atoms with E-state index >= 15 is 0 Å². The van der Waals surface area contributed by atoms with Gasteiger partial charge in [-0.05, 0) is 43.0 Å². The second-order valence-corrected chi connectivity index (χ2v) is 9.91. The minimum atomic E-state index is -4.90. The lowest BCUT2D eigenvalue weighted by Gasteiger charge is -2.43. The number of amides is 2. The lowest BCUT2D eigenvalue weighted by Crippen LogP contribution is -2.55. The minimum Gasteiger partial charge on any atom is -0.402 e. The zero-order valence-electron chi connectivity index (χ0n) is 20.4. The maximum Gasteiger partial charge on any atom is 0.573 e. The van der Waals surface area contributed by atoms with Gasteiger partial charge in [0, 0.05) is 37.1 Å². The van der Waals surface area contributed by atoms with Gasteiger partial charge in [0.1, 0.15) is 5.60 Å². The average molecular weight is 530 g/mol. The van der Waals surface area contributed by atoms with Crippen LogP contribution in [0.4, 0.5) is 23.8 Å². The molecule has 1 saturated heterocycles. The van der Waals surface area contributed by atoms with Crippen LogP contribution < -0.4 is 15.8 Å². The number of likely N-dealkylation sites (tertiary alicyclic amines) is 1. The van der Waals surface area contributed by atoms with E-state index in [1.165, 1.54) is 12.3 Å². The highest BCUT2D eigenvalue weighted by atomic mass is 19.4. The van der Waals surface area contributed by atoms with E-state index in [9.17, 15) is 18.0 Å². The van der Waals surface area contributed by atoms with E-state index in [2.05, 4.69) is 25.1 Å². The summed E-state index contributed by atoms with van der Waals surface area (Å²) < 4.78 is 50.4. The molecule has 13 heteroatoms. The molecule has 5 heterocycles. The molecule has 1 spiro atoms. The quantitative estimate of drug-likeness (QED) is 0.530. The van der Waals surface area contributed by atoms with E-state index in [4.69, 9.17) is 10.5 Å². The van der Waals surface area contributed by atoms with Crippen LogP contribution in [-0.2, 0) is 22.4 Å². The van der Waals surface area contributed by atoms with Crippen LogP contribution in [0.5, 0.6) is 5.75 Å². The molecule has 0 aromatic carbocycles. The van der Waals surface area contributed by atoms with Crippen molar-refractivity contribution in [2.75, 3.05) is 25.4 Å². The number of rotatable bonds is 4. The standard InChI is InChI=1S/C25H26F3N7O3/c26-25(27,28)38-19-11-16(13-31-21(19)29)18-12-20-24(37-10-9-35(20)33-18)6-8-34(15-24)22(36)32-23(4-2-5-23)17-3-1-7-30-14-17/h1,3,7,11-14H,2,4-6,8-10,15H2,(H2,29,31)(H,32,36). The van der Waals surface area contributed by atoms with E-state index in [1.54, 1.807) is 28.0 Å². The molecule has 1 aliphatic carbocycles. The summed E-state index contributed by atoms with van der Waals surface area (Å²) in [4.78, 5) is 23.2. The first-order valence-electron chi connectivity index (χ1n) is 12.4. The van der Waals surface area contributed by atoms with Crippen molar-refractivity contribution in [3.63, 3.8) is 0 Å². The van der Waals surface area contributed by atoms with Gasteiger partial charge in [0.25, 0.3) is 0 Å².